The molecule has 0 unspecified atom stereocenters. The van der Waals surface area contributed by atoms with Gasteiger partial charge in [-0.3, -0.25) is 10.1 Å². The van der Waals surface area contributed by atoms with Gasteiger partial charge in [-0.05, 0) is 32.4 Å². The summed E-state index contributed by atoms with van der Waals surface area (Å²) < 4.78 is 12.7. The van der Waals surface area contributed by atoms with Crippen molar-refractivity contribution in [3.8, 4) is 11.5 Å². The summed E-state index contributed by atoms with van der Waals surface area (Å²) in [6, 6.07) is 3.59. The SMILES string of the molecule is Cc1nc(NC(=O)Cc2cc3c(cc2Cl)OCCO3)nn1C(C)C. The van der Waals surface area contributed by atoms with E-state index in [1.165, 1.54) is 0 Å². The second-order valence-electron chi connectivity index (χ2n) is 5.83. The van der Waals surface area contributed by atoms with Crippen molar-refractivity contribution >= 4 is 23.5 Å². The lowest BCUT2D eigenvalue weighted by Gasteiger charge is -2.19. The number of benzene rings is 1. The molecule has 24 heavy (non-hydrogen) atoms. The van der Waals surface area contributed by atoms with Gasteiger partial charge in [0.2, 0.25) is 11.9 Å². The van der Waals surface area contributed by atoms with E-state index in [9.17, 15) is 4.79 Å². The molecule has 1 amide bonds. The number of aromatic nitrogens is 3. The Kier molecular flexibility index (Phi) is 4.62. The highest BCUT2D eigenvalue weighted by Crippen LogP contribution is 2.35. The average Bonchev–Trinajstić information content (AvgIpc) is 2.88. The van der Waals surface area contributed by atoms with Crippen molar-refractivity contribution in [1.82, 2.24) is 14.8 Å². The second kappa shape index (κ2) is 6.68. The van der Waals surface area contributed by atoms with Crippen molar-refractivity contribution in [2.75, 3.05) is 18.5 Å². The summed E-state index contributed by atoms with van der Waals surface area (Å²) >= 11 is 6.23. The number of anilines is 1. The number of amides is 1. The molecule has 8 heteroatoms. The molecule has 0 saturated heterocycles. The van der Waals surface area contributed by atoms with Gasteiger partial charge < -0.3 is 9.47 Å². The number of fused-ring (bicyclic) bond motifs is 1. The lowest BCUT2D eigenvalue weighted by molar-refractivity contribution is -0.115. The molecule has 0 aliphatic carbocycles. The van der Waals surface area contributed by atoms with Crippen LogP contribution in [-0.4, -0.2) is 33.9 Å². The lowest BCUT2D eigenvalue weighted by Crippen LogP contribution is -2.18. The van der Waals surface area contributed by atoms with Crippen LogP contribution in [0.25, 0.3) is 0 Å². The fourth-order valence-corrected chi connectivity index (χ4v) is 2.75. The van der Waals surface area contributed by atoms with E-state index in [0.29, 0.717) is 41.2 Å². The monoisotopic (exact) mass is 350 g/mol. The van der Waals surface area contributed by atoms with E-state index in [-0.39, 0.29) is 18.4 Å². The fourth-order valence-electron chi connectivity index (χ4n) is 2.53. The van der Waals surface area contributed by atoms with Gasteiger partial charge in [0.05, 0.1) is 6.42 Å². The number of rotatable bonds is 4. The largest absolute Gasteiger partial charge is 0.486 e. The maximum absolute atomic E-state index is 12.3. The highest BCUT2D eigenvalue weighted by molar-refractivity contribution is 6.31. The number of nitrogens with zero attached hydrogens (tertiary/aromatic N) is 3. The zero-order valence-corrected chi connectivity index (χ0v) is 14.6. The predicted molar refractivity (Wildman–Crippen MR) is 89.9 cm³/mol. The Morgan fingerprint density at radius 1 is 1.33 bits per heavy atom. The number of aryl methyl sites for hydroxylation is 1. The van der Waals surface area contributed by atoms with Crippen molar-refractivity contribution in [2.45, 2.75) is 33.2 Å². The second-order valence-corrected chi connectivity index (χ2v) is 6.24. The molecule has 0 atom stereocenters. The number of halogens is 1. The molecule has 2 heterocycles. The van der Waals surface area contributed by atoms with Crippen LogP contribution in [0.5, 0.6) is 11.5 Å². The molecule has 1 aromatic carbocycles. The molecule has 2 aromatic rings. The Morgan fingerprint density at radius 2 is 2.00 bits per heavy atom. The van der Waals surface area contributed by atoms with Crippen LogP contribution < -0.4 is 14.8 Å². The van der Waals surface area contributed by atoms with E-state index < -0.39 is 0 Å². The Hall–Kier alpha value is -2.28. The fraction of sp³-hybridized carbons (Fsp3) is 0.438. The standard InChI is InChI=1S/C16H19ClN4O3/c1-9(2)21-10(3)18-16(20-21)19-15(22)7-11-6-13-14(8-12(11)17)24-5-4-23-13/h6,8-9H,4-5,7H2,1-3H3,(H,19,20,22). The van der Waals surface area contributed by atoms with Crippen LogP contribution in [0.15, 0.2) is 12.1 Å². The van der Waals surface area contributed by atoms with E-state index in [4.69, 9.17) is 21.1 Å². The van der Waals surface area contributed by atoms with Crippen LogP contribution in [0.2, 0.25) is 5.02 Å². The van der Waals surface area contributed by atoms with Crippen LogP contribution in [-0.2, 0) is 11.2 Å². The lowest BCUT2D eigenvalue weighted by atomic mass is 10.1. The van der Waals surface area contributed by atoms with E-state index in [0.717, 1.165) is 5.82 Å². The molecule has 0 spiro atoms. The van der Waals surface area contributed by atoms with Gasteiger partial charge in [-0.2, -0.15) is 4.98 Å². The number of hydrogen-bond acceptors (Lipinski definition) is 5. The normalized spacial score (nSPS) is 13.2. The third-order valence-corrected chi connectivity index (χ3v) is 3.96. The Balaban J connectivity index is 1.72. The van der Waals surface area contributed by atoms with Gasteiger partial charge in [0.1, 0.15) is 19.0 Å². The van der Waals surface area contributed by atoms with Crippen molar-refractivity contribution in [3.05, 3.63) is 28.5 Å². The number of nitrogens with one attached hydrogen (secondary N) is 1. The van der Waals surface area contributed by atoms with Crippen LogP contribution >= 0.6 is 11.6 Å². The van der Waals surface area contributed by atoms with Crippen LogP contribution in [0.1, 0.15) is 31.3 Å². The first-order valence-electron chi connectivity index (χ1n) is 7.75. The Labute approximate surface area is 144 Å². The van der Waals surface area contributed by atoms with Gasteiger partial charge in [0.25, 0.3) is 0 Å². The number of ether oxygens (including phenoxy) is 2. The quantitative estimate of drug-likeness (QED) is 0.917. The number of hydrogen-bond donors (Lipinski definition) is 1. The summed E-state index contributed by atoms with van der Waals surface area (Å²) in [6.07, 6.45) is 0.102. The zero-order valence-electron chi connectivity index (χ0n) is 13.8. The molecule has 128 valence electrons. The summed E-state index contributed by atoms with van der Waals surface area (Å²) in [5.41, 5.74) is 0.665. The zero-order chi connectivity index (χ0) is 17.3. The van der Waals surface area contributed by atoms with Gasteiger partial charge in [-0.25, -0.2) is 4.68 Å². The predicted octanol–water partition coefficient (Wildman–Crippen LogP) is 2.77. The summed E-state index contributed by atoms with van der Waals surface area (Å²) in [5.74, 6) is 2.00. The van der Waals surface area contributed by atoms with E-state index in [1.54, 1.807) is 16.8 Å². The Morgan fingerprint density at radius 3 is 2.62 bits per heavy atom. The number of carbonyl (C=O) groups excluding carboxylic acids is 1. The highest BCUT2D eigenvalue weighted by atomic mass is 35.5. The first-order chi connectivity index (χ1) is 11.4. The van der Waals surface area contributed by atoms with Gasteiger partial charge in [0.15, 0.2) is 11.5 Å². The minimum Gasteiger partial charge on any atom is -0.486 e. The summed E-state index contributed by atoms with van der Waals surface area (Å²) in [4.78, 5) is 16.5. The van der Waals surface area contributed by atoms with E-state index in [2.05, 4.69) is 15.4 Å². The minimum atomic E-state index is -0.241. The van der Waals surface area contributed by atoms with Gasteiger partial charge in [-0.1, -0.05) is 11.6 Å². The number of carbonyl (C=O) groups is 1. The molecule has 0 radical (unpaired) electrons. The van der Waals surface area contributed by atoms with E-state index in [1.807, 2.05) is 20.8 Å². The van der Waals surface area contributed by atoms with Crippen molar-refractivity contribution < 1.29 is 14.3 Å². The smallest absolute Gasteiger partial charge is 0.248 e. The van der Waals surface area contributed by atoms with Crippen LogP contribution in [0.3, 0.4) is 0 Å². The van der Waals surface area contributed by atoms with E-state index >= 15 is 0 Å². The molecular formula is C16H19ClN4O3. The molecule has 0 bridgehead atoms. The molecular weight excluding hydrogens is 332 g/mol. The summed E-state index contributed by atoms with van der Waals surface area (Å²) in [6.45, 7) is 6.83. The van der Waals surface area contributed by atoms with Crippen LogP contribution in [0, 0.1) is 6.92 Å². The van der Waals surface area contributed by atoms with Gasteiger partial charge in [0, 0.05) is 17.1 Å². The molecule has 3 rings (SSSR count). The molecule has 7 nitrogen and oxygen atoms in total. The molecule has 1 N–H and O–H groups in total. The highest BCUT2D eigenvalue weighted by Gasteiger charge is 2.18. The molecule has 1 aliphatic heterocycles. The molecule has 0 saturated carbocycles. The first kappa shape index (κ1) is 16.6. The first-order valence-corrected chi connectivity index (χ1v) is 8.13. The average molecular weight is 351 g/mol. The molecule has 1 aromatic heterocycles. The maximum Gasteiger partial charge on any atom is 0.248 e. The van der Waals surface area contributed by atoms with Gasteiger partial charge >= 0.3 is 0 Å². The maximum atomic E-state index is 12.3. The van der Waals surface area contributed by atoms with Crippen molar-refractivity contribution in [2.24, 2.45) is 0 Å². The minimum absolute atomic E-state index is 0.102. The molecule has 1 aliphatic rings. The third-order valence-electron chi connectivity index (χ3n) is 3.60. The summed E-state index contributed by atoms with van der Waals surface area (Å²) in [5, 5.41) is 7.44. The third kappa shape index (κ3) is 3.46. The van der Waals surface area contributed by atoms with Gasteiger partial charge in [-0.15, -0.1) is 5.10 Å². The van der Waals surface area contributed by atoms with Crippen molar-refractivity contribution in [1.29, 1.82) is 0 Å². The summed E-state index contributed by atoms with van der Waals surface area (Å²) in [7, 11) is 0. The van der Waals surface area contributed by atoms with Crippen molar-refractivity contribution in [3.63, 3.8) is 0 Å². The Bertz CT molecular complexity index is 773. The molecule has 0 fully saturated rings. The van der Waals surface area contributed by atoms with Crippen LogP contribution in [0.4, 0.5) is 5.95 Å². The topological polar surface area (TPSA) is 78.3 Å².